The van der Waals surface area contributed by atoms with Crippen LogP contribution >= 0.6 is 0 Å². The number of carbonyl (C=O) groups excluding carboxylic acids is 1. The molecule has 2 aromatic carbocycles. The van der Waals surface area contributed by atoms with Gasteiger partial charge in [0.2, 0.25) is 11.7 Å². The first-order valence-corrected chi connectivity index (χ1v) is 9.10. The first-order valence-electron chi connectivity index (χ1n) is 9.10. The first kappa shape index (κ1) is 19.4. The van der Waals surface area contributed by atoms with Gasteiger partial charge in [0.05, 0.1) is 13.7 Å². The molecule has 1 heterocycles. The fraction of sp³-hybridized carbons (Fsp3) is 0.286. The lowest BCUT2D eigenvalue weighted by atomic mass is 10.1. The molecule has 1 amide bonds. The SMILES string of the molecule is CCc1ccccc1O[C@@H](C)C(=O)NCc1nc(-c2ccc(OC)cc2)no1. The van der Waals surface area contributed by atoms with Crippen molar-refractivity contribution >= 4 is 5.91 Å². The molecule has 0 aliphatic rings. The summed E-state index contributed by atoms with van der Waals surface area (Å²) in [6.45, 7) is 3.88. The maximum Gasteiger partial charge on any atom is 0.261 e. The van der Waals surface area contributed by atoms with Crippen molar-refractivity contribution in [1.82, 2.24) is 15.5 Å². The lowest BCUT2D eigenvalue weighted by Gasteiger charge is -2.16. The van der Waals surface area contributed by atoms with Gasteiger partial charge in [0, 0.05) is 5.56 Å². The maximum absolute atomic E-state index is 12.3. The zero-order chi connectivity index (χ0) is 19.9. The largest absolute Gasteiger partial charge is 0.497 e. The Morgan fingerprint density at radius 2 is 1.93 bits per heavy atom. The van der Waals surface area contributed by atoms with Crippen molar-refractivity contribution in [3.05, 3.63) is 60.0 Å². The second-order valence-corrected chi connectivity index (χ2v) is 6.18. The summed E-state index contributed by atoms with van der Waals surface area (Å²) in [6, 6.07) is 15.0. The average molecular weight is 381 g/mol. The van der Waals surface area contributed by atoms with Crippen molar-refractivity contribution in [2.45, 2.75) is 32.9 Å². The summed E-state index contributed by atoms with van der Waals surface area (Å²) in [5.74, 6) is 1.98. The van der Waals surface area contributed by atoms with E-state index in [1.54, 1.807) is 14.0 Å². The summed E-state index contributed by atoms with van der Waals surface area (Å²) in [5, 5.41) is 6.70. The van der Waals surface area contributed by atoms with Gasteiger partial charge in [0.25, 0.3) is 5.91 Å². The quantitative estimate of drug-likeness (QED) is 0.644. The minimum absolute atomic E-state index is 0.130. The molecule has 3 aromatic rings. The van der Waals surface area contributed by atoms with Crippen LogP contribution in [-0.4, -0.2) is 29.3 Å². The van der Waals surface area contributed by atoms with Crippen molar-refractivity contribution in [3.8, 4) is 22.9 Å². The van der Waals surface area contributed by atoms with Gasteiger partial charge in [-0.05, 0) is 49.2 Å². The Labute approximate surface area is 163 Å². The number of methoxy groups -OCH3 is 1. The number of aromatic nitrogens is 2. The number of hydrogen-bond acceptors (Lipinski definition) is 6. The van der Waals surface area contributed by atoms with Gasteiger partial charge in [-0.1, -0.05) is 30.3 Å². The van der Waals surface area contributed by atoms with Crippen LogP contribution in [0.3, 0.4) is 0 Å². The predicted molar refractivity (Wildman–Crippen MR) is 104 cm³/mol. The highest BCUT2D eigenvalue weighted by Crippen LogP contribution is 2.21. The first-order chi connectivity index (χ1) is 13.6. The number of carbonyl (C=O) groups is 1. The van der Waals surface area contributed by atoms with Crippen LogP contribution in [0, 0.1) is 0 Å². The van der Waals surface area contributed by atoms with E-state index < -0.39 is 6.10 Å². The molecule has 7 heteroatoms. The van der Waals surface area contributed by atoms with Crippen molar-refractivity contribution in [1.29, 1.82) is 0 Å². The number of benzene rings is 2. The van der Waals surface area contributed by atoms with E-state index in [-0.39, 0.29) is 12.5 Å². The van der Waals surface area contributed by atoms with Gasteiger partial charge in [-0.3, -0.25) is 4.79 Å². The second-order valence-electron chi connectivity index (χ2n) is 6.18. The Balaban J connectivity index is 1.56. The van der Waals surface area contributed by atoms with Crippen LogP contribution in [0.1, 0.15) is 25.3 Å². The number of ether oxygens (including phenoxy) is 2. The molecule has 0 fully saturated rings. The summed E-state index contributed by atoms with van der Waals surface area (Å²) in [5.41, 5.74) is 1.86. The standard InChI is InChI=1S/C21H23N3O4/c1-4-15-7-5-6-8-18(15)27-14(2)21(25)22-13-19-23-20(24-28-19)16-9-11-17(26-3)12-10-16/h5-12,14H,4,13H2,1-3H3,(H,22,25)/t14-/m0/s1. The molecule has 3 rings (SSSR count). The molecule has 0 unspecified atom stereocenters. The fourth-order valence-electron chi connectivity index (χ4n) is 2.65. The topological polar surface area (TPSA) is 86.5 Å². The number of rotatable bonds is 8. The maximum atomic E-state index is 12.3. The van der Waals surface area contributed by atoms with E-state index in [9.17, 15) is 4.79 Å². The normalized spacial score (nSPS) is 11.7. The molecule has 0 radical (unpaired) electrons. The molecule has 0 saturated carbocycles. The van der Waals surface area contributed by atoms with E-state index in [0.717, 1.165) is 23.3 Å². The van der Waals surface area contributed by atoms with Crippen LogP contribution in [0.15, 0.2) is 53.1 Å². The average Bonchev–Trinajstić information content (AvgIpc) is 3.21. The molecule has 0 aliphatic heterocycles. The highest BCUT2D eigenvalue weighted by molar-refractivity contribution is 5.80. The highest BCUT2D eigenvalue weighted by Gasteiger charge is 2.17. The van der Waals surface area contributed by atoms with Gasteiger partial charge in [0.15, 0.2) is 6.10 Å². The third-order valence-electron chi connectivity index (χ3n) is 4.26. The lowest BCUT2D eigenvalue weighted by Crippen LogP contribution is -2.36. The van der Waals surface area contributed by atoms with Crippen molar-refractivity contribution in [2.75, 3.05) is 7.11 Å². The van der Waals surface area contributed by atoms with Crippen LogP contribution in [0.25, 0.3) is 11.4 Å². The Morgan fingerprint density at radius 3 is 2.64 bits per heavy atom. The zero-order valence-corrected chi connectivity index (χ0v) is 16.1. The van der Waals surface area contributed by atoms with Crippen molar-refractivity contribution < 1.29 is 18.8 Å². The summed E-state index contributed by atoms with van der Waals surface area (Å²) < 4.78 is 16.1. The Morgan fingerprint density at radius 1 is 1.18 bits per heavy atom. The van der Waals surface area contributed by atoms with Crippen LogP contribution < -0.4 is 14.8 Å². The smallest absolute Gasteiger partial charge is 0.261 e. The van der Waals surface area contributed by atoms with Gasteiger partial charge in [-0.25, -0.2) is 0 Å². The highest BCUT2D eigenvalue weighted by atomic mass is 16.5. The predicted octanol–water partition coefficient (Wildman–Crippen LogP) is 3.39. The van der Waals surface area contributed by atoms with E-state index >= 15 is 0 Å². The molecule has 1 aromatic heterocycles. The van der Waals surface area contributed by atoms with E-state index in [2.05, 4.69) is 15.5 Å². The number of nitrogens with one attached hydrogen (secondary N) is 1. The molecular formula is C21H23N3O4. The minimum atomic E-state index is -0.642. The molecule has 0 spiro atoms. The number of hydrogen-bond donors (Lipinski definition) is 1. The van der Waals surface area contributed by atoms with E-state index in [1.807, 2.05) is 55.5 Å². The van der Waals surface area contributed by atoms with Crippen LogP contribution in [0.4, 0.5) is 0 Å². The van der Waals surface area contributed by atoms with Gasteiger partial charge >= 0.3 is 0 Å². The van der Waals surface area contributed by atoms with E-state index in [4.69, 9.17) is 14.0 Å². The molecule has 28 heavy (non-hydrogen) atoms. The van der Waals surface area contributed by atoms with Gasteiger partial charge in [-0.2, -0.15) is 4.98 Å². The summed E-state index contributed by atoms with van der Waals surface area (Å²) >= 11 is 0. The third kappa shape index (κ3) is 4.68. The lowest BCUT2D eigenvalue weighted by molar-refractivity contribution is -0.127. The number of para-hydroxylation sites is 1. The van der Waals surface area contributed by atoms with Crippen LogP contribution in [-0.2, 0) is 17.8 Å². The molecule has 7 nitrogen and oxygen atoms in total. The molecule has 0 aliphatic carbocycles. The monoisotopic (exact) mass is 381 g/mol. The van der Waals surface area contributed by atoms with E-state index in [0.29, 0.717) is 17.5 Å². The fourth-order valence-corrected chi connectivity index (χ4v) is 2.65. The Bertz CT molecular complexity index is 921. The number of nitrogens with zero attached hydrogens (tertiary/aromatic N) is 2. The van der Waals surface area contributed by atoms with E-state index in [1.165, 1.54) is 0 Å². The van der Waals surface area contributed by atoms with Gasteiger partial charge < -0.3 is 19.3 Å². The third-order valence-corrected chi connectivity index (χ3v) is 4.26. The van der Waals surface area contributed by atoms with Crippen LogP contribution in [0.5, 0.6) is 11.5 Å². The van der Waals surface area contributed by atoms with Gasteiger partial charge in [-0.15, -0.1) is 0 Å². The second kappa shape index (κ2) is 9.03. The molecule has 1 atom stereocenters. The molecule has 146 valence electrons. The Kier molecular flexibility index (Phi) is 6.26. The van der Waals surface area contributed by atoms with Gasteiger partial charge in [0.1, 0.15) is 11.5 Å². The number of amides is 1. The van der Waals surface area contributed by atoms with Crippen LogP contribution in [0.2, 0.25) is 0 Å². The molecule has 0 saturated heterocycles. The molecule has 1 N–H and O–H groups in total. The summed E-state index contributed by atoms with van der Waals surface area (Å²) in [6.07, 6.45) is 0.192. The summed E-state index contributed by atoms with van der Waals surface area (Å²) in [7, 11) is 1.61. The minimum Gasteiger partial charge on any atom is -0.497 e. The zero-order valence-electron chi connectivity index (χ0n) is 16.1. The number of aryl methyl sites for hydroxylation is 1. The molecular weight excluding hydrogens is 358 g/mol. The Hall–Kier alpha value is -3.35. The van der Waals surface area contributed by atoms with Crippen molar-refractivity contribution in [2.24, 2.45) is 0 Å². The molecule has 0 bridgehead atoms. The van der Waals surface area contributed by atoms with Crippen molar-refractivity contribution in [3.63, 3.8) is 0 Å². The summed E-state index contributed by atoms with van der Waals surface area (Å²) in [4.78, 5) is 16.6.